The third kappa shape index (κ3) is 7.04. The minimum Gasteiger partial charge on any atom is -0.443 e. The van der Waals surface area contributed by atoms with E-state index in [1.807, 2.05) is 0 Å². The molecular weight excluding hydrogens is 493 g/mol. The molecule has 0 aliphatic carbocycles. The van der Waals surface area contributed by atoms with E-state index in [9.17, 15) is 14.3 Å². The number of ether oxygens (including phenoxy) is 1. The van der Waals surface area contributed by atoms with Crippen molar-refractivity contribution in [3.8, 4) is 0 Å². The Morgan fingerprint density at radius 2 is 1.79 bits per heavy atom. The van der Waals surface area contributed by atoms with E-state index in [4.69, 9.17) is 20.8 Å². The first-order chi connectivity index (χ1) is 15.5. The van der Waals surface area contributed by atoms with Crippen molar-refractivity contribution in [1.82, 2.24) is 0 Å². The number of anilines is 1. The summed E-state index contributed by atoms with van der Waals surface area (Å²) in [5.74, 6) is -0.391. The van der Waals surface area contributed by atoms with Gasteiger partial charge in [-0.3, -0.25) is 4.90 Å². The smallest absolute Gasteiger partial charge is 0.414 e. The van der Waals surface area contributed by atoms with Gasteiger partial charge in [-0.1, -0.05) is 32.4 Å². The SMILES string of the molecule is CN(C(=O)OC(C)(C)C)c1c(CO)sc(CO[Si](C)(C)C(C)(C)C)c1Cc1cc(F)ccc1Cl. The summed E-state index contributed by atoms with van der Waals surface area (Å²) in [5, 5.41) is 10.6. The number of carbonyl (C=O) groups excluding carboxylic acids is 1. The second-order valence-electron chi connectivity index (χ2n) is 10.9. The lowest BCUT2D eigenvalue weighted by atomic mass is 10.0. The van der Waals surface area contributed by atoms with Crippen LogP contribution in [-0.2, 0) is 28.8 Å². The number of hydrogen-bond acceptors (Lipinski definition) is 5. The quantitative estimate of drug-likeness (QED) is 0.377. The highest BCUT2D eigenvalue weighted by Gasteiger charge is 2.38. The van der Waals surface area contributed by atoms with Crippen LogP contribution in [0.2, 0.25) is 23.2 Å². The van der Waals surface area contributed by atoms with E-state index < -0.39 is 25.8 Å². The highest BCUT2D eigenvalue weighted by atomic mass is 35.5. The van der Waals surface area contributed by atoms with Gasteiger partial charge in [0.1, 0.15) is 11.4 Å². The fourth-order valence-electron chi connectivity index (χ4n) is 3.11. The summed E-state index contributed by atoms with van der Waals surface area (Å²) in [6.07, 6.45) is -0.255. The van der Waals surface area contributed by atoms with E-state index in [1.165, 1.54) is 34.4 Å². The Morgan fingerprint density at radius 1 is 1.18 bits per heavy atom. The number of aliphatic hydroxyl groups excluding tert-OH is 1. The van der Waals surface area contributed by atoms with Crippen molar-refractivity contribution in [1.29, 1.82) is 0 Å². The Kier molecular flexibility index (Phi) is 9.02. The molecule has 0 aliphatic heterocycles. The molecule has 0 bridgehead atoms. The zero-order chi connectivity index (χ0) is 26.1. The Bertz CT molecular complexity index is 1030. The van der Waals surface area contributed by atoms with Gasteiger partial charge in [0, 0.05) is 23.4 Å². The van der Waals surface area contributed by atoms with E-state index in [1.54, 1.807) is 27.8 Å². The van der Waals surface area contributed by atoms with Gasteiger partial charge in [-0.25, -0.2) is 9.18 Å². The van der Waals surface area contributed by atoms with Crippen molar-refractivity contribution in [2.24, 2.45) is 0 Å². The summed E-state index contributed by atoms with van der Waals surface area (Å²) in [4.78, 5) is 15.8. The fraction of sp³-hybridized carbons (Fsp3) is 0.560. The number of thiophene rings is 1. The summed E-state index contributed by atoms with van der Waals surface area (Å²) in [5.41, 5.74) is 1.24. The predicted octanol–water partition coefficient (Wildman–Crippen LogP) is 7.52. The molecule has 0 saturated heterocycles. The average molecular weight is 530 g/mol. The predicted molar refractivity (Wildman–Crippen MR) is 141 cm³/mol. The lowest BCUT2D eigenvalue weighted by molar-refractivity contribution is 0.0589. The van der Waals surface area contributed by atoms with Crippen LogP contribution in [0.25, 0.3) is 0 Å². The second kappa shape index (κ2) is 10.7. The lowest BCUT2D eigenvalue weighted by Crippen LogP contribution is -2.40. The molecule has 0 saturated carbocycles. The molecule has 0 radical (unpaired) electrons. The molecule has 1 N–H and O–H groups in total. The van der Waals surface area contributed by atoms with Crippen molar-refractivity contribution in [2.75, 3.05) is 11.9 Å². The molecule has 5 nitrogen and oxygen atoms in total. The zero-order valence-corrected chi connectivity index (χ0v) is 24.2. The normalized spacial score (nSPS) is 12.7. The molecule has 0 unspecified atom stereocenters. The van der Waals surface area contributed by atoms with Gasteiger partial charge in [0.15, 0.2) is 8.32 Å². The van der Waals surface area contributed by atoms with Crippen LogP contribution >= 0.6 is 22.9 Å². The van der Waals surface area contributed by atoms with Gasteiger partial charge in [0.25, 0.3) is 0 Å². The van der Waals surface area contributed by atoms with Crippen molar-refractivity contribution in [3.05, 3.63) is 49.9 Å². The van der Waals surface area contributed by atoms with Crippen LogP contribution in [0.5, 0.6) is 0 Å². The first kappa shape index (κ1) is 28.8. The van der Waals surface area contributed by atoms with Gasteiger partial charge in [-0.2, -0.15) is 0 Å². The Labute approximate surface area is 213 Å². The third-order valence-corrected chi connectivity index (χ3v) is 12.1. The second-order valence-corrected chi connectivity index (χ2v) is 17.3. The summed E-state index contributed by atoms with van der Waals surface area (Å²) in [6, 6.07) is 4.23. The molecule has 1 aromatic heterocycles. The monoisotopic (exact) mass is 529 g/mol. The number of carbonyl (C=O) groups is 1. The van der Waals surface area contributed by atoms with Crippen LogP contribution < -0.4 is 4.90 Å². The van der Waals surface area contributed by atoms with Gasteiger partial charge in [0.05, 0.1) is 23.8 Å². The Hall–Kier alpha value is -1.45. The lowest BCUT2D eigenvalue weighted by Gasteiger charge is -2.36. The largest absolute Gasteiger partial charge is 0.443 e. The van der Waals surface area contributed by atoms with E-state index in [0.29, 0.717) is 27.8 Å². The van der Waals surface area contributed by atoms with E-state index in [2.05, 4.69) is 33.9 Å². The van der Waals surface area contributed by atoms with Gasteiger partial charge in [0.2, 0.25) is 0 Å². The molecule has 0 spiro atoms. The van der Waals surface area contributed by atoms with Crippen molar-refractivity contribution in [3.63, 3.8) is 0 Å². The van der Waals surface area contributed by atoms with Crippen molar-refractivity contribution >= 4 is 43.0 Å². The topological polar surface area (TPSA) is 59.0 Å². The number of aliphatic hydroxyl groups is 1. The molecule has 2 aromatic rings. The maximum atomic E-state index is 14.0. The van der Waals surface area contributed by atoms with Crippen LogP contribution in [0.4, 0.5) is 14.9 Å². The molecule has 2 rings (SSSR count). The molecular formula is C25H37ClFNO4SSi. The maximum absolute atomic E-state index is 14.0. The zero-order valence-electron chi connectivity index (χ0n) is 21.6. The highest BCUT2D eigenvalue weighted by Crippen LogP contribution is 2.42. The van der Waals surface area contributed by atoms with E-state index in [0.717, 1.165) is 10.4 Å². The summed E-state index contributed by atoms with van der Waals surface area (Å²) in [7, 11) is -0.453. The van der Waals surface area contributed by atoms with Gasteiger partial charge < -0.3 is 14.3 Å². The fourth-order valence-corrected chi connectivity index (χ4v) is 5.46. The molecule has 1 amide bonds. The summed E-state index contributed by atoms with van der Waals surface area (Å²) in [6.45, 7) is 16.3. The standard InChI is InChI=1S/C25H37ClFNO4SSi/c1-24(2,3)32-23(30)28(7)22-18(13-16-12-17(27)10-11-19(16)26)21(33-20(22)14-29)15-31-34(8,9)25(4,5)6/h10-12,29H,13-15H2,1-9H3. The van der Waals surface area contributed by atoms with Gasteiger partial charge >= 0.3 is 6.09 Å². The van der Waals surface area contributed by atoms with Crippen LogP contribution in [0.15, 0.2) is 18.2 Å². The number of nitrogens with zero attached hydrogens (tertiary/aromatic N) is 1. The summed E-state index contributed by atoms with van der Waals surface area (Å²) >= 11 is 7.78. The molecule has 0 fully saturated rings. The van der Waals surface area contributed by atoms with Crippen LogP contribution in [0, 0.1) is 5.82 Å². The van der Waals surface area contributed by atoms with Crippen LogP contribution in [0.1, 0.15) is 62.4 Å². The molecule has 1 heterocycles. The van der Waals surface area contributed by atoms with Crippen molar-refractivity contribution in [2.45, 2.75) is 84.9 Å². The number of hydrogen-bond donors (Lipinski definition) is 1. The molecule has 0 aliphatic rings. The third-order valence-electron chi connectivity index (χ3n) is 6.02. The molecule has 0 atom stereocenters. The molecule has 9 heteroatoms. The van der Waals surface area contributed by atoms with Crippen molar-refractivity contribution < 1.29 is 23.5 Å². The Balaban J connectivity index is 2.59. The number of amides is 1. The minimum absolute atomic E-state index is 0.0201. The number of benzene rings is 1. The Morgan fingerprint density at radius 3 is 2.32 bits per heavy atom. The number of rotatable bonds is 7. The van der Waals surface area contributed by atoms with Gasteiger partial charge in [-0.05, 0) is 68.2 Å². The maximum Gasteiger partial charge on any atom is 0.414 e. The van der Waals surface area contributed by atoms with E-state index >= 15 is 0 Å². The van der Waals surface area contributed by atoms with E-state index in [-0.39, 0.29) is 18.1 Å². The summed E-state index contributed by atoms with van der Waals surface area (Å²) < 4.78 is 26.1. The first-order valence-electron chi connectivity index (χ1n) is 11.3. The highest BCUT2D eigenvalue weighted by molar-refractivity contribution is 7.12. The molecule has 190 valence electrons. The minimum atomic E-state index is -2.07. The average Bonchev–Trinajstić information content (AvgIpc) is 3.03. The number of halogens is 2. The molecule has 34 heavy (non-hydrogen) atoms. The van der Waals surface area contributed by atoms with Gasteiger partial charge in [-0.15, -0.1) is 11.3 Å². The van der Waals surface area contributed by atoms with Crippen LogP contribution in [0.3, 0.4) is 0 Å². The molecule has 1 aromatic carbocycles. The first-order valence-corrected chi connectivity index (χ1v) is 15.4. The van der Waals surface area contributed by atoms with Crippen LogP contribution in [-0.4, -0.2) is 32.2 Å².